The van der Waals surface area contributed by atoms with Crippen molar-refractivity contribution >= 4 is 5.96 Å². The molecule has 1 aliphatic rings. The maximum Gasteiger partial charge on any atom is 0.193 e. The Morgan fingerprint density at radius 1 is 1.30 bits per heavy atom. The summed E-state index contributed by atoms with van der Waals surface area (Å²) >= 11 is 0. The largest absolute Gasteiger partial charge is 0.493 e. The number of ether oxygens (including phenoxy) is 2. The molecule has 2 rings (SSSR count). The summed E-state index contributed by atoms with van der Waals surface area (Å²) in [4.78, 5) is 9.52. The molecule has 152 valence electrons. The molecule has 1 atom stereocenters. The fourth-order valence-electron chi connectivity index (χ4n) is 3.63. The monoisotopic (exact) mass is 376 g/mol. The third-order valence-electron chi connectivity index (χ3n) is 5.17. The van der Waals surface area contributed by atoms with E-state index in [-0.39, 0.29) is 0 Å². The molecule has 0 bridgehead atoms. The van der Waals surface area contributed by atoms with E-state index < -0.39 is 0 Å². The van der Waals surface area contributed by atoms with Gasteiger partial charge in [-0.05, 0) is 69.5 Å². The number of hydrogen-bond acceptors (Lipinski definition) is 4. The van der Waals surface area contributed by atoms with Crippen LogP contribution in [-0.2, 0) is 6.54 Å². The van der Waals surface area contributed by atoms with Crippen molar-refractivity contribution < 1.29 is 9.47 Å². The number of hydrogen-bond donors (Lipinski definition) is 1. The van der Waals surface area contributed by atoms with Gasteiger partial charge in [0.25, 0.3) is 0 Å². The van der Waals surface area contributed by atoms with Gasteiger partial charge >= 0.3 is 0 Å². The standard InChI is InChI=1S/C21H36N4O2/c1-7-22-21(23-13-17-9-8-10-24(3)14-17)25(4)15-18-12-20(27-6)19(26-5)11-16(18)2/h11-12,17H,7-10,13-15H2,1-6H3,(H,22,23). The predicted molar refractivity (Wildman–Crippen MR) is 112 cm³/mol. The average molecular weight is 377 g/mol. The van der Waals surface area contributed by atoms with Gasteiger partial charge in [-0.2, -0.15) is 0 Å². The van der Waals surface area contributed by atoms with Crippen LogP contribution in [0, 0.1) is 12.8 Å². The van der Waals surface area contributed by atoms with Gasteiger partial charge < -0.3 is 24.6 Å². The van der Waals surface area contributed by atoms with Gasteiger partial charge in [-0.1, -0.05) is 0 Å². The zero-order valence-corrected chi connectivity index (χ0v) is 17.8. The van der Waals surface area contributed by atoms with Crippen molar-refractivity contribution in [1.82, 2.24) is 15.1 Å². The van der Waals surface area contributed by atoms with Crippen LogP contribution in [0.2, 0.25) is 0 Å². The zero-order valence-electron chi connectivity index (χ0n) is 17.8. The van der Waals surface area contributed by atoms with E-state index >= 15 is 0 Å². The molecule has 1 saturated heterocycles. The van der Waals surface area contributed by atoms with Crippen LogP contribution in [0.1, 0.15) is 30.9 Å². The second-order valence-corrected chi connectivity index (χ2v) is 7.45. The van der Waals surface area contributed by atoms with Crippen LogP contribution in [-0.4, -0.2) is 70.3 Å². The molecule has 1 N–H and O–H groups in total. The molecule has 0 radical (unpaired) electrons. The third kappa shape index (κ3) is 6.03. The Morgan fingerprint density at radius 2 is 2.00 bits per heavy atom. The minimum atomic E-state index is 0.647. The molecule has 1 fully saturated rings. The number of guanidine groups is 1. The Hall–Kier alpha value is -1.95. The van der Waals surface area contributed by atoms with E-state index in [4.69, 9.17) is 14.5 Å². The number of rotatable bonds is 7. The van der Waals surface area contributed by atoms with Gasteiger partial charge in [0.1, 0.15) is 0 Å². The smallest absolute Gasteiger partial charge is 0.193 e. The Labute approximate surface area is 164 Å². The number of benzene rings is 1. The summed E-state index contributed by atoms with van der Waals surface area (Å²) in [5, 5.41) is 3.43. The quantitative estimate of drug-likeness (QED) is 0.586. The number of nitrogens with zero attached hydrogens (tertiary/aromatic N) is 3. The molecular weight excluding hydrogens is 340 g/mol. The number of methoxy groups -OCH3 is 2. The topological polar surface area (TPSA) is 49.3 Å². The van der Waals surface area contributed by atoms with E-state index in [1.807, 2.05) is 6.07 Å². The lowest BCUT2D eigenvalue weighted by Gasteiger charge is -2.29. The third-order valence-corrected chi connectivity index (χ3v) is 5.17. The second kappa shape index (κ2) is 10.4. The first-order chi connectivity index (χ1) is 13.0. The molecule has 1 aromatic rings. The van der Waals surface area contributed by atoms with Crippen molar-refractivity contribution in [1.29, 1.82) is 0 Å². The summed E-state index contributed by atoms with van der Waals surface area (Å²) < 4.78 is 10.9. The Morgan fingerprint density at radius 3 is 2.63 bits per heavy atom. The molecule has 1 aliphatic heterocycles. The highest BCUT2D eigenvalue weighted by atomic mass is 16.5. The van der Waals surface area contributed by atoms with Gasteiger partial charge in [0.2, 0.25) is 0 Å². The summed E-state index contributed by atoms with van der Waals surface area (Å²) in [6, 6.07) is 4.09. The van der Waals surface area contributed by atoms with Crippen LogP contribution in [0.15, 0.2) is 17.1 Å². The van der Waals surface area contributed by atoms with Crippen LogP contribution < -0.4 is 14.8 Å². The van der Waals surface area contributed by atoms with Gasteiger partial charge in [0, 0.05) is 33.2 Å². The van der Waals surface area contributed by atoms with E-state index in [1.54, 1.807) is 14.2 Å². The summed E-state index contributed by atoms with van der Waals surface area (Å²) in [7, 11) is 7.63. The van der Waals surface area contributed by atoms with E-state index in [1.165, 1.54) is 30.5 Å². The van der Waals surface area contributed by atoms with Gasteiger partial charge in [-0.25, -0.2) is 0 Å². The molecule has 6 nitrogen and oxygen atoms in total. The lowest BCUT2D eigenvalue weighted by atomic mass is 9.99. The van der Waals surface area contributed by atoms with Gasteiger partial charge in [0.15, 0.2) is 17.5 Å². The highest BCUT2D eigenvalue weighted by Crippen LogP contribution is 2.30. The highest BCUT2D eigenvalue weighted by Gasteiger charge is 2.18. The molecule has 0 aromatic heterocycles. The first-order valence-corrected chi connectivity index (χ1v) is 9.87. The minimum Gasteiger partial charge on any atom is -0.493 e. The number of aliphatic imine (C=N–C) groups is 1. The molecule has 0 saturated carbocycles. The Kier molecular flexibility index (Phi) is 8.23. The van der Waals surface area contributed by atoms with Crippen LogP contribution in [0.5, 0.6) is 11.5 Å². The van der Waals surface area contributed by atoms with Crippen LogP contribution in [0.4, 0.5) is 0 Å². The second-order valence-electron chi connectivity index (χ2n) is 7.45. The maximum absolute atomic E-state index is 5.46. The van der Waals surface area contributed by atoms with Crippen LogP contribution in [0.25, 0.3) is 0 Å². The lowest BCUT2D eigenvalue weighted by Crippen LogP contribution is -2.40. The molecule has 6 heteroatoms. The molecule has 0 spiro atoms. The lowest BCUT2D eigenvalue weighted by molar-refractivity contribution is 0.214. The van der Waals surface area contributed by atoms with Crippen molar-refractivity contribution in [2.75, 3.05) is 54.5 Å². The number of likely N-dealkylation sites (tertiary alicyclic amines) is 1. The first kappa shape index (κ1) is 21.4. The normalized spacial score (nSPS) is 18.3. The molecular formula is C21H36N4O2. The fraction of sp³-hybridized carbons (Fsp3) is 0.667. The Balaban J connectivity index is 2.09. The molecule has 0 aliphatic carbocycles. The van der Waals surface area contributed by atoms with E-state index in [2.05, 4.69) is 49.1 Å². The van der Waals surface area contributed by atoms with E-state index in [9.17, 15) is 0 Å². The highest BCUT2D eigenvalue weighted by molar-refractivity contribution is 5.79. The molecule has 0 amide bonds. The van der Waals surface area contributed by atoms with Crippen LogP contribution >= 0.6 is 0 Å². The Bertz CT molecular complexity index is 633. The number of piperidine rings is 1. The summed E-state index contributed by atoms with van der Waals surface area (Å²) in [5.41, 5.74) is 2.39. The first-order valence-electron chi connectivity index (χ1n) is 9.87. The predicted octanol–water partition coefficient (Wildman–Crippen LogP) is 2.75. The summed E-state index contributed by atoms with van der Waals surface area (Å²) in [6.45, 7) is 9.07. The molecule has 1 aromatic carbocycles. The van der Waals surface area contributed by atoms with Crippen molar-refractivity contribution in [2.24, 2.45) is 10.9 Å². The maximum atomic E-state index is 5.46. The summed E-state index contributed by atoms with van der Waals surface area (Å²) in [5.74, 6) is 3.13. The number of nitrogens with one attached hydrogen (secondary N) is 1. The minimum absolute atomic E-state index is 0.647. The zero-order chi connectivity index (χ0) is 19.8. The molecule has 1 unspecified atom stereocenters. The summed E-state index contributed by atoms with van der Waals surface area (Å²) in [6.07, 6.45) is 2.54. The average Bonchev–Trinajstić information content (AvgIpc) is 2.66. The van der Waals surface area contributed by atoms with E-state index in [0.29, 0.717) is 5.92 Å². The number of aryl methyl sites for hydroxylation is 1. The van der Waals surface area contributed by atoms with Crippen molar-refractivity contribution in [3.63, 3.8) is 0 Å². The van der Waals surface area contributed by atoms with Gasteiger partial charge in [-0.3, -0.25) is 4.99 Å². The molecule has 1 heterocycles. The van der Waals surface area contributed by atoms with E-state index in [0.717, 1.165) is 43.6 Å². The van der Waals surface area contributed by atoms with Gasteiger partial charge in [-0.15, -0.1) is 0 Å². The molecule has 27 heavy (non-hydrogen) atoms. The van der Waals surface area contributed by atoms with Crippen molar-refractivity contribution in [2.45, 2.75) is 33.2 Å². The fourth-order valence-corrected chi connectivity index (χ4v) is 3.63. The van der Waals surface area contributed by atoms with Crippen LogP contribution in [0.3, 0.4) is 0 Å². The SMILES string of the molecule is CCNC(=NCC1CCCN(C)C1)N(C)Cc1cc(OC)c(OC)cc1C. The van der Waals surface area contributed by atoms with Crippen molar-refractivity contribution in [3.05, 3.63) is 23.3 Å². The van der Waals surface area contributed by atoms with Crippen molar-refractivity contribution in [3.8, 4) is 11.5 Å². The van der Waals surface area contributed by atoms with Gasteiger partial charge in [0.05, 0.1) is 14.2 Å².